The molecule has 0 saturated carbocycles. The number of aliphatic hydroxyl groups is 1. The van der Waals surface area contributed by atoms with Crippen LogP contribution in [0, 0.1) is 17.8 Å². The SMILES string of the molecule is CCCCCCCCCCCCCCCCCCCCC(=O)OC[C@H](COP(=O)(O)OC[C@@H](O)COP(=O)(O)OC[C@@H](COC(=O)CCCCCCCCCC(C)C)OC(=O)CCCCCCCCCCCCCCC(C)C)OC(=O)CCCCCCCCCCCCCCCCCCC(C)C. The topological polar surface area (TPSA) is 237 Å². The Hall–Kier alpha value is -1.94. The van der Waals surface area contributed by atoms with Crippen molar-refractivity contribution in [2.75, 3.05) is 39.6 Å². The van der Waals surface area contributed by atoms with E-state index < -0.39 is 97.5 Å². The molecule has 102 heavy (non-hydrogen) atoms. The van der Waals surface area contributed by atoms with Crippen LogP contribution in [-0.4, -0.2) is 96.7 Å². The van der Waals surface area contributed by atoms with Crippen molar-refractivity contribution >= 4 is 39.5 Å². The number of hydrogen-bond acceptors (Lipinski definition) is 15. The molecule has 0 amide bonds. The van der Waals surface area contributed by atoms with E-state index >= 15 is 0 Å². The molecule has 0 aliphatic heterocycles. The van der Waals surface area contributed by atoms with E-state index in [1.54, 1.807) is 0 Å². The molecule has 0 aromatic heterocycles. The normalized spacial score (nSPS) is 13.9. The fraction of sp³-hybridized carbons (Fsp3) is 0.952. The summed E-state index contributed by atoms with van der Waals surface area (Å²) in [6, 6.07) is 0. The Morgan fingerprint density at radius 3 is 0.667 bits per heavy atom. The van der Waals surface area contributed by atoms with Gasteiger partial charge in [0, 0.05) is 25.7 Å². The predicted octanol–water partition coefficient (Wildman–Crippen LogP) is 24.9. The number of unbranched alkanes of at least 4 members (excludes halogenated alkanes) is 49. The van der Waals surface area contributed by atoms with Crippen molar-refractivity contribution in [2.45, 2.75) is 452 Å². The maximum atomic E-state index is 13.1. The van der Waals surface area contributed by atoms with Gasteiger partial charge < -0.3 is 33.8 Å². The van der Waals surface area contributed by atoms with E-state index in [1.165, 1.54) is 238 Å². The first-order valence-corrected chi connectivity index (χ1v) is 45.8. The van der Waals surface area contributed by atoms with Crippen LogP contribution in [0.4, 0.5) is 0 Å². The number of ether oxygens (including phenoxy) is 4. The van der Waals surface area contributed by atoms with Gasteiger partial charge >= 0.3 is 39.5 Å². The molecule has 17 nitrogen and oxygen atoms in total. The Kier molecular flexibility index (Phi) is 71.8. The highest BCUT2D eigenvalue weighted by atomic mass is 31.2. The van der Waals surface area contributed by atoms with Gasteiger partial charge in [0.1, 0.15) is 19.3 Å². The van der Waals surface area contributed by atoms with Crippen LogP contribution >= 0.6 is 15.6 Å². The van der Waals surface area contributed by atoms with Crippen molar-refractivity contribution in [1.82, 2.24) is 0 Å². The van der Waals surface area contributed by atoms with Crippen LogP contribution < -0.4 is 0 Å². The third-order valence-electron chi connectivity index (χ3n) is 19.4. The number of hydrogen-bond donors (Lipinski definition) is 3. The molecule has 0 heterocycles. The van der Waals surface area contributed by atoms with E-state index in [1.807, 2.05) is 0 Å². The molecule has 606 valence electrons. The number of rotatable bonds is 81. The first-order valence-electron chi connectivity index (χ1n) is 42.8. The monoisotopic (exact) mass is 1490 g/mol. The standard InChI is InChI=1S/C83H162O17P2/c1-8-9-10-11-12-13-14-15-16-17-18-22-25-31-36-43-50-57-64-80(85)93-70-78(99-82(87)66-59-52-44-37-32-26-23-20-19-21-24-29-34-40-47-54-61-74(2)3)72-97-101(89,90)95-68-77(84)69-96-102(91,92)98-73-79(71-94-81(86)65-58-51-46-39-42-49-56-63-76(6)7)100-83(88)67-60-53-45-38-33-28-27-30-35-41-48-55-62-75(4)5/h74-79,84H,8-73H2,1-7H3,(H,89,90)(H,91,92)/t77-,78-,79-/m1/s1. The molecule has 0 bridgehead atoms. The van der Waals surface area contributed by atoms with Crippen molar-refractivity contribution in [2.24, 2.45) is 17.8 Å². The quantitative estimate of drug-likeness (QED) is 0.0222. The van der Waals surface area contributed by atoms with Gasteiger partial charge in [0.05, 0.1) is 26.4 Å². The summed E-state index contributed by atoms with van der Waals surface area (Å²) in [4.78, 5) is 73.1. The van der Waals surface area contributed by atoms with E-state index in [2.05, 4.69) is 48.5 Å². The van der Waals surface area contributed by atoms with Gasteiger partial charge in [-0.2, -0.15) is 0 Å². The third-order valence-corrected chi connectivity index (χ3v) is 21.3. The number of phosphoric acid groups is 2. The average Bonchev–Trinajstić information content (AvgIpc) is 0.976. The molecule has 0 radical (unpaired) electrons. The van der Waals surface area contributed by atoms with Crippen molar-refractivity contribution in [3.05, 3.63) is 0 Å². The highest BCUT2D eigenvalue weighted by molar-refractivity contribution is 7.47. The lowest BCUT2D eigenvalue weighted by atomic mass is 10.0. The Morgan fingerprint density at radius 1 is 0.265 bits per heavy atom. The Bertz CT molecular complexity index is 1970. The van der Waals surface area contributed by atoms with Gasteiger partial charge in [-0.15, -0.1) is 0 Å². The maximum Gasteiger partial charge on any atom is 0.472 e. The first kappa shape index (κ1) is 100. The molecule has 0 aromatic rings. The molecule has 0 aromatic carbocycles. The lowest BCUT2D eigenvalue weighted by Gasteiger charge is -2.21. The molecule has 0 aliphatic rings. The lowest BCUT2D eigenvalue weighted by molar-refractivity contribution is -0.161. The summed E-state index contributed by atoms with van der Waals surface area (Å²) >= 11 is 0. The highest BCUT2D eigenvalue weighted by Gasteiger charge is 2.30. The van der Waals surface area contributed by atoms with E-state index in [9.17, 15) is 43.2 Å². The second-order valence-electron chi connectivity index (χ2n) is 31.3. The fourth-order valence-electron chi connectivity index (χ4n) is 12.8. The Balaban J connectivity index is 5.24. The summed E-state index contributed by atoms with van der Waals surface area (Å²) in [6.45, 7) is 11.9. The molecular weight excluding hydrogens is 1330 g/mol. The van der Waals surface area contributed by atoms with Crippen LogP contribution in [0.25, 0.3) is 0 Å². The van der Waals surface area contributed by atoms with Crippen LogP contribution in [0.3, 0.4) is 0 Å². The molecule has 5 atom stereocenters. The van der Waals surface area contributed by atoms with E-state index in [0.717, 1.165) is 108 Å². The second kappa shape index (κ2) is 73.2. The van der Waals surface area contributed by atoms with Gasteiger partial charge in [-0.3, -0.25) is 37.3 Å². The van der Waals surface area contributed by atoms with Crippen molar-refractivity contribution in [3.8, 4) is 0 Å². The largest absolute Gasteiger partial charge is 0.472 e. The second-order valence-corrected chi connectivity index (χ2v) is 34.2. The lowest BCUT2D eigenvalue weighted by Crippen LogP contribution is -2.30. The van der Waals surface area contributed by atoms with Crippen LogP contribution in [0.5, 0.6) is 0 Å². The third kappa shape index (κ3) is 76.3. The van der Waals surface area contributed by atoms with Gasteiger partial charge in [-0.05, 0) is 43.4 Å². The molecule has 0 aliphatic carbocycles. The first-order chi connectivity index (χ1) is 49.2. The van der Waals surface area contributed by atoms with Crippen LogP contribution in [-0.2, 0) is 65.4 Å². The molecule has 3 N–H and O–H groups in total. The number of phosphoric ester groups is 2. The Labute approximate surface area is 626 Å². The summed E-state index contributed by atoms with van der Waals surface area (Å²) < 4.78 is 68.8. The smallest absolute Gasteiger partial charge is 0.462 e. The zero-order valence-corrected chi connectivity index (χ0v) is 68.9. The molecule has 0 spiro atoms. The zero-order chi connectivity index (χ0) is 75.1. The van der Waals surface area contributed by atoms with Gasteiger partial charge in [0.25, 0.3) is 0 Å². The minimum Gasteiger partial charge on any atom is -0.462 e. The highest BCUT2D eigenvalue weighted by Crippen LogP contribution is 2.45. The maximum absolute atomic E-state index is 13.1. The minimum absolute atomic E-state index is 0.106. The Morgan fingerprint density at radius 2 is 0.451 bits per heavy atom. The van der Waals surface area contributed by atoms with Gasteiger partial charge in [0.2, 0.25) is 0 Å². The summed E-state index contributed by atoms with van der Waals surface area (Å²) in [7, 11) is -9.92. The average molecular weight is 1490 g/mol. The van der Waals surface area contributed by atoms with E-state index in [4.69, 9.17) is 37.0 Å². The molecule has 19 heteroatoms. The zero-order valence-electron chi connectivity index (χ0n) is 67.1. The van der Waals surface area contributed by atoms with Gasteiger partial charge in [-0.1, -0.05) is 382 Å². The van der Waals surface area contributed by atoms with Crippen LogP contribution in [0.15, 0.2) is 0 Å². The molecular formula is C83H162O17P2. The molecule has 0 saturated heterocycles. The number of carbonyl (C=O) groups excluding carboxylic acids is 4. The number of aliphatic hydroxyl groups excluding tert-OH is 1. The molecule has 0 fully saturated rings. The minimum atomic E-state index is -4.96. The predicted molar refractivity (Wildman–Crippen MR) is 418 cm³/mol. The van der Waals surface area contributed by atoms with Crippen LogP contribution in [0.1, 0.15) is 434 Å². The van der Waals surface area contributed by atoms with Gasteiger partial charge in [-0.25, -0.2) is 9.13 Å². The van der Waals surface area contributed by atoms with E-state index in [0.29, 0.717) is 31.6 Å². The van der Waals surface area contributed by atoms with Crippen LogP contribution in [0.2, 0.25) is 0 Å². The number of esters is 4. The van der Waals surface area contributed by atoms with E-state index in [-0.39, 0.29) is 25.7 Å². The van der Waals surface area contributed by atoms with Crippen molar-refractivity contribution < 1.29 is 80.2 Å². The summed E-state index contributed by atoms with van der Waals surface area (Å²) in [5, 5.41) is 10.7. The molecule has 0 rings (SSSR count). The summed E-state index contributed by atoms with van der Waals surface area (Å²) in [5.74, 6) is 0.182. The van der Waals surface area contributed by atoms with Crippen molar-refractivity contribution in [1.29, 1.82) is 0 Å². The number of carbonyl (C=O) groups is 4. The summed E-state index contributed by atoms with van der Waals surface area (Å²) in [6.07, 6.45) is 62.5. The summed E-state index contributed by atoms with van der Waals surface area (Å²) in [5.41, 5.74) is 0. The fourth-order valence-corrected chi connectivity index (χ4v) is 14.4. The van der Waals surface area contributed by atoms with Gasteiger partial charge in [0.15, 0.2) is 12.2 Å². The van der Waals surface area contributed by atoms with Crippen molar-refractivity contribution in [3.63, 3.8) is 0 Å². The molecule has 2 unspecified atom stereocenters.